The predicted octanol–water partition coefficient (Wildman–Crippen LogP) is 1.16. The molecule has 1 heterocycles. The number of aliphatic hydroxyl groups is 1. The normalized spacial score (nSPS) is 18.1. The van der Waals surface area contributed by atoms with Gasteiger partial charge in [-0.2, -0.15) is 0 Å². The minimum Gasteiger partial charge on any atom is -0.396 e. The zero-order valence-corrected chi connectivity index (χ0v) is 12.9. The van der Waals surface area contributed by atoms with Crippen LogP contribution in [0.1, 0.15) is 46.5 Å². The smallest absolute Gasteiger partial charge is 0.225 e. The molecule has 0 aromatic heterocycles. The molecule has 2 amide bonds. The summed E-state index contributed by atoms with van der Waals surface area (Å²) < 4.78 is 0. The molecule has 1 aliphatic rings. The summed E-state index contributed by atoms with van der Waals surface area (Å²) in [7, 11) is 0. The van der Waals surface area contributed by atoms with Crippen LogP contribution in [0.4, 0.5) is 0 Å². The van der Waals surface area contributed by atoms with E-state index in [-0.39, 0.29) is 36.3 Å². The Morgan fingerprint density at radius 3 is 2.35 bits per heavy atom. The van der Waals surface area contributed by atoms with Crippen LogP contribution in [0.5, 0.6) is 0 Å². The van der Waals surface area contributed by atoms with Gasteiger partial charge >= 0.3 is 0 Å². The largest absolute Gasteiger partial charge is 0.396 e. The minimum absolute atomic E-state index is 0.0165. The zero-order valence-electron chi connectivity index (χ0n) is 12.9. The zero-order chi connectivity index (χ0) is 15.1. The Morgan fingerprint density at radius 2 is 1.85 bits per heavy atom. The Morgan fingerprint density at radius 1 is 1.25 bits per heavy atom. The number of carbonyl (C=O) groups excluding carboxylic acids is 2. The fourth-order valence-corrected chi connectivity index (χ4v) is 2.56. The number of hydrogen-bond donors (Lipinski definition) is 2. The quantitative estimate of drug-likeness (QED) is 0.769. The maximum atomic E-state index is 12.1. The monoisotopic (exact) mass is 284 g/mol. The first-order valence-corrected chi connectivity index (χ1v) is 7.65. The number of nitrogens with one attached hydrogen (secondary N) is 1. The average molecular weight is 284 g/mol. The molecular formula is C15H28N2O3. The topological polar surface area (TPSA) is 69.6 Å². The van der Waals surface area contributed by atoms with Gasteiger partial charge in [-0.15, -0.1) is 0 Å². The number of nitrogens with zero attached hydrogens (tertiary/aromatic N) is 1. The Balaban J connectivity index is 2.33. The molecule has 0 radical (unpaired) electrons. The summed E-state index contributed by atoms with van der Waals surface area (Å²) in [5.74, 6) is 0.314. The van der Waals surface area contributed by atoms with Crippen LogP contribution in [0.15, 0.2) is 0 Å². The van der Waals surface area contributed by atoms with Crippen molar-refractivity contribution >= 4 is 11.8 Å². The molecule has 0 saturated carbocycles. The first-order chi connectivity index (χ1) is 9.45. The molecule has 1 fully saturated rings. The second-order valence-corrected chi connectivity index (χ2v) is 6.03. The number of rotatable bonds is 6. The third kappa shape index (κ3) is 5.12. The molecule has 0 aliphatic carbocycles. The average Bonchev–Trinajstić information content (AvgIpc) is 2.44. The van der Waals surface area contributed by atoms with E-state index in [4.69, 9.17) is 5.11 Å². The summed E-state index contributed by atoms with van der Waals surface area (Å²) in [6, 6.07) is 0.102. The Labute approximate surface area is 121 Å². The van der Waals surface area contributed by atoms with Crippen molar-refractivity contribution in [3.63, 3.8) is 0 Å². The van der Waals surface area contributed by atoms with Crippen molar-refractivity contribution in [3.05, 3.63) is 0 Å². The summed E-state index contributed by atoms with van der Waals surface area (Å²) in [6.45, 7) is 7.30. The highest BCUT2D eigenvalue weighted by atomic mass is 16.3. The van der Waals surface area contributed by atoms with Gasteiger partial charge in [0, 0.05) is 37.6 Å². The molecule has 5 nitrogen and oxygen atoms in total. The van der Waals surface area contributed by atoms with E-state index in [1.807, 2.05) is 25.7 Å². The van der Waals surface area contributed by atoms with Crippen LogP contribution >= 0.6 is 0 Å². The van der Waals surface area contributed by atoms with Gasteiger partial charge in [0.25, 0.3) is 0 Å². The number of likely N-dealkylation sites (tertiary alicyclic amines) is 1. The van der Waals surface area contributed by atoms with Crippen LogP contribution in [-0.2, 0) is 9.59 Å². The summed E-state index contributed by atoms with van der Waals surface area (Å²) >= 11 is 0. The van der Waals surface area contributed by atoms with Crippen LogP contribution in [-0.4, -0.2) is 47.6 Å². The van der Waals surface area contributed by atoms with Gasteiger partial charge in [0.15, 0.2) is 0 Å². The molecule has 0 aromatic rings. The maximum Gasteiger partial charge on any atom is 0.225 e. The number of aliphatic hydroxyl groups excluding tert-OH is 1. The van der Waals surface area contributed by atoms with E-state index in [1.54, 1.807) is 0 Å². The van der Waals surface area contributed by atoms with E-state index in [1.165, 1.54) is 0 Å². The number of carbonyl (C=O) groups is 2. The van der Waals surface area contributed by atoms with Crippen molar-refractivity contribution in [2.24, 2.45) is 11.8 Å². The third-order valence-electron chi connectivity index (χ3n) is 3.86. The highest BCUT2D eigenvalue weighted by molar-refractivity contribution is 5.80. The van der Waals surface area contributed by atoms with Gasteiger partial charge in [-0.25, -0.2) is 0 Å². The van der Waals surface area contributed by atoms with E-state index in [2.05, 4.69) is 5.32 Å². The molecular weight excluding hydrogens is 256 g/mol. The SMILES string of the molecule is CC(CCCO)NC(=O)C1CCN(C(=O)C(C)C)CC1. The lowest BCUT2D eigenvalue weighted by Gasteiger charge is -2.33. The maximum absolute atomic E-state index is 12.1. The van der Waals surface area contributed by atoms with Gasteiger partial charge in [0.1, 0.15) is 0 Å². The van der Waals surface area contributed by atoms with Gasteiger partial charge in [-0.05, 0) is 32.6 Å². The number of amides is 2. The van der Waals surface area contributed by atoms with Gasteiger partial charge in [0.05, 0.1) is 0 Å². The van der Waals surface area contributed by atoms with Crippen LogP contribution in [0.2, 0.25) is 0 Å². The lowest BCUT2D eigenvalue weighted by Crippen LogP contribution is -2.45. The van der Waals surface area contributed by atoms with Crippen LogP contribution in [0, 0.1) is 11.8 Å². The van der Waals surface area contributed by atoms with E-state index in [9.17, 15) is 9.59 Å². The molecule has 1 atom stereocenters. The second-order valence-electron chi connectivity index (χ2n) is 6.03. The molecule has 0 bridgehead atoms. The highest BCUT2D eigenvalue weighted by Gasteiger charge is 2.28. The van der Waals surface area contributed by atoms with Crippen molar-refractivity contribution in [2.75, 3.05) is 19.7 Å². The number of hydrogen-bond acceptors (Lipinski definition) is 3. The lowest BCUT2D eigenvalue weighted by atomic mass is 9.94. The van der Waals surface area contributed by atoms with Crippen LogP contribution in [0.25, 0.3) is 0 Å². The third-order valence-corrected chi connectivity index (χ3v) is 3.86. The summed E-state index contributed by atoms with van der Waals surface area (Å²) in [4.78, 5) is 25.8. The lowest BCUT2D eigenvalue weighted by molar-refractivity contribution is -0.138. The first kappa shape index (κ1) is 17.0. The van der Waals surface area contributed by atoms with E-state index in [0.29, 0.717) is 19.5 Å². The van der Waals surface area contributed by atoms with Crippen molar-refractivity contribution in [1.82, 2.24) is 10.2 Å². The van der Waals surface area contributed by atoms with Crippen molar-refractivity contribution in [3.8, 4) is 0 Å². The van der Waals surface area contributed by atoms with Gasteiger partial charge in [-0.1, -0.05) is 13.8 Å². The minimum atomic E-state index is 0.0165. The molecule has 0 spiro atoms. The van der Waals surface area contributed by atoms with Gasteiger partial charge < -0.3 is 15.3 Å². The molecule has 2 N–H and O–H groups in total. The molecule has 1 saturated heterocycles. The van der Waals surface area contributed by atoms with Gasteiger partial charge in [-0.3, -0.25) is 9.59 Å². The molecule has 1 unspecified atom stereocenters. The predicted molar refractivity (Wildman–Crippen MR) is 78.1 cm³/mol. The van der Waals surface area contributed by atoms with Crippen LogP contribution < -0.4 is 5.32 Å². The molecule has 116 valence electrons. The van der Waals surface area contributed by atoms with Crippen LogP contribution in [0.3, 0.4) is 0 Å². The fourth-order valence-electron chi connectivity index (χ4n) is 2.56. The summed E-state index contributed by atoms with van der Waals surface area (Å²) in [6.07, 6.45) is 3.00. The standard InChI is InChI=1S/C15H28N2O3/c1-11(2)15(20)17-8-6-13(7-9-17)14(19)16-12(3)5-4-10-18/h11-13,18H,4-10H2,1-3H3,(H,16,19). The first-order valence-electron chi connectivity index (χ1n) is 7.65. The molecule has 20 heavy (non-hydrogen) atoms. The van der Waals surface area contributed by atoms with E-state index < -0.39 is 0 Å². The van der Waals surface area contributed by atoms with Crippen molar-refractivity contribution < 1.29 is 14.7 Å². The fraction of sp³-hybridized carbons (Fsp3) is 0.867. The highest BCUT2D eigenvalue weighted by Crippen LogP contribution is 2.19. The molecule has 1 rings (SSSR count). The second kappa shape index (κ2) is 8.25. The Kier molecular flexibility index (Phi) is 6.99. The molecule has 0 aromatic carbocycles. The van der Waals surface area contributed by atoms with E-state index in [0.717, 1.165) is 19.3 Å². The van der Waals surface area contributed by atoms with Crippen molar-refractivity contribution in [1.29, 1.82) is 0 Å². The Hall–Kier alpha value is -1.10. The molecule has 1 aliphatic heterocycles. The van der Waals surface area contributed by atoms with Gasteiger partial charge in [0.2, 0.25) is 11.8 Å². The number of piperidine rings is 1. The Bertz CT molecular complexity index is 323. The van der Waals surface area contributed by atoms with Crippen molar-refractivity contribution in [2.45, 2.75) is 52.5 Å². The van der Waals surface area contributed by atoms with E-state index >= 15 is 0 Å². The summed E-state index contributed by atoms with van der Waals surface area (Å²) in [5.41, 5.74) is 0. The summed E-state index contributed by atoms with van der Waals surface area (Å²) in [5, 5.41) is 11.8. The molecule has 5 heteroatoms.